The fourth-order valence-electron chi connectivity index (χ4n) is 1.27. The summed E-state index contributed by atoms with van der Waals surface area (Å²) in [4.78, 5) is 0. The van der Waals surface area contributed by atoms with Crippen LogP contribution in [0, 0.1) is 0 Å². The van der Waals surface area contributed by atoms with Gasteiger partial charge in [0, 0.05) is 11.7 Å². The van der Waals surface area contributed by atoms with E-state index in [0.29, 0.717) is 6.04 Å². The van der Waals surface area contributed by atoms with Gasteiger partial charge < -0.3 is 11.1 Å². The number of benzene rings is 1. The largest absolute Gasteiger partial charge is 0.383 e. The molecule has 13 heavy (non-hydrogen) atoms. The monoisotopic (exact) mass is 178 g/mol. The zero-order valence-electron chi connectivity index (χ0n) is 8.38. The third-order valence-electron chi connectivity index (χ3n) is 1.84. The molecule has 0 saturated heterocycles. The van der Waals surface area contributed by atoms with Gasteiger partial charge in [-0.3, -0.25) is 0 Å². The molecule has 0 aliphatic rings. The maximum absolute atomic E-state index is 5.46. The van der Waals surface area contributed by atoms with E-state index in [1.54, 1.807) is 0 Å². The van der Waals surface area contributed by atoms with Gasteiger partial charge in [-0.2, -0.15) is 0 Å². The van der Waals surface area contributed by atoms with Crippen LogP contribution in [0.3, 0.4) is 0 Å². The van der Waals surface area contributed by atoms with E-state index in [0.717, 1.165) is 13.0 Å². The molecule has 0 aliphatic heterocycles. The standard InChI is InChI=1S/C11H18N2/c1-9(2)13-11-5-3-10(4-6-11)7-8-12/h3-6,9,13H,7-8,12H2,1-2H3. The van der Waals surface area contributed by atoms with Crippen molar-refractivity contribution in [3.8, 4) is 0 Å². The minimum atomic E-state index is 0.486. The lowest BCUT2D eigenvalue weighted by Gasteiger charge is -2.10. The molecule has 0 bridgehead atoms. The second-order valence-electron chi connectivity index (χ2n) is 3.53. The van der Waals surface area contributed by atoms with Crippen LogP contribution in [-0.2, 0) is 6.42 Å². The Morgan fingerprint density at radius 1 is 1.23 bits per heavy atom. The topological polar surface area (TPSA) is 38.0 Å². The molecule has 0 radical (unpaired) electrons. The Hall–Kier alpha value is -1.02. The molecule has 0 spiro atoms. The molecule has 0 aliphatic carbocycles. The minimum Gasteiger partial charge on any atom is -0.383 e. The molecule has 72 valence electrons. The molecule has 0 aromatic heterocycles. The lowest BCUT2D eigenvalue weighted by Crippen LogP contribution is -2.09. The average molecular weight is 178 g/mol. The molecular formula is C11H18N2. The van der Waals surface area contributed by atoms with E-state index in [1.165, 1.54) is 11.3 Å². The van der Waals surface area contributed by atoms with Crippen molar-refractivity contribution < 1.29 is 0 Å². The van der Waals surface area contributed by atoms with Crippen LogP contribution in [0.1, 0.15) is 19.4 Å². The minimum absolute atomic E-state index is 0.486. The van der Waals surface area contributed by atoms with E-state index >= 15 is 0 Å². The van der Waals surface area contributed by atoms with Crippen molar-refractivity contribution in [3.63, 3.8) is 0 Å². The SMILES string of the molecule is CC(C)Nc1ccc(CCN)cc1. The van der Waals surface area contributed by atoms with E-state index in [4.69, 9.17) is 5.73 Å². The molecule has 0 heterocycles. The van der Waals surface area contributed by atoms with Crippen LogP contribution < -0.4 is 11.1 Å². The number of hydrogen-bond donors (Lipinski definition) is 2. The maximum Gasteiger partial charge on any atom is 0.0342 e. The van der Waals surface area contributed by atoms with Gasteiger partial charge >= 0.3 is 0 Å². The lowest BCUT2D eigenvalue weighted by molar-refractivity contribution is 0.898. The van der Waals surface area contributed by atoms with Crippen LogP contribution in [0.15, 0.2) is 24.3 Å². The number of nitrogens with two attached hydrogens (primary N) is 1. The molecular weight excluding hydrogens is 160 g/mol. The Morgan fingerprint density at radius 3 is 2.31 bits per heavy atom. The summed E-state index contributed by atoms with van der Waals surface area (Å²) < 4.78 is 0. The first-order valence-corrected chi connectivity index (χ1v) is 4.78. The predicted octanol–water partition coefficient (Wildman–Crippen LogP) is 2.01. The number of hydrogen-bond acceptors (Lipinski definition) is 2. The van der Waals surface area contributed by atoms with Gasteiger partial charge in [-0.05, 0) is 44.5 Å². The first-order valence-electron chi connectivity index (χ1n) is 4.78. The fourth-order valence-corrected chi connectivity index (χ4v) is 1.27. The molecule has 0 unspecified atom stereocenters. The quantitative estimate of drug-likeness (QED) is 0.740. The zero-order valence-corrected chi connectivity index (χ0v) is 8.38. The van der Waals surface area contributed by atoms with Gasteiger partial charge in [-0.15, -0.1) is 0 Å². The normalized spacial score (nSPS) is 10.5. The predicted molar refractivity (Wildman–Crippen MR) is 58.0 cm³/mol. The van der Waals surface area contributed by atoms with Crippen molar-refractivity contribution in [1.82, 2.24) is 0 Å². The number of anilines is 1. The second kappa shape index (κ2) is 4.87. The van der Waals surface area contributed by atoms with Gasteiger partial charge in [0.25, 0.3) is 0 Å². The molecule has 3 N–H and O–H groups in total. The Morgan fingerprint density at radius 2 is 1.85 bits per heavy atom. The van der Waals surface area contributed by atoms with Crippen molar-refractivity contribution in [2.24, 2.45) is 5.73 Å². The van der Waals surface area contributed by atoms with E-state index in [-0.39, 0.29) is 0 Å². The molecule has 0 atom stereocenters. The van der Waals surface area contributed by atoms with Gasteiger partial charge in [0.05, 0.1) is 0 Å². The third kappa shape index (κ3) is 3.47. The summed E-state index contributed by atoms with van der Waals surface area (Å²) in [6.07, 6.45) is 0.960. The average Bonchev–Trinajstić information content (AvgIpc) is 2.08. The lowest BCUT2D eigenvalue weighted by atomic mass is 10.1. The molecule has 2 nitrogen and oxygen atoms in total. The molecule has 1 rings (SSSR count). The molecule has 1 aromatic carbocycles. The summed E-state index contributed by atoms with van der Waals surface area (Å²) in [6.45, 7) is 4.98. The van der Waals surface area contributed by atoms with Gasteiger partial charge in [-0.1, -0.05) is 12.1 Å². The van der Waals surface area contributed by atoms with Gasteiger partial charge in [0.2, 0.25) is 0 Å². The maximum atomic E-state index is 5.46. The highest BCUT2D eigenvalue weighted by Gasteiger charge is 1.95. The number of rotatable bonds is 4. The summed E-state index contributed by atoms with van der Waals surface area (Å²) >= 11 is 0. The van der Waals surface area contributed by atoms with Crippen LogP contribution >= 0.6 is 0 Å². The van der Waals surface area contributed by atoms with Crippen LogP contribution in [-0.4, -0.2) is 12.6 Å². The first kappa shape index (κ1) is 10.1. The summed E-state index contributed by atoms with van der Waals surface area (Å²) in [6, 6.07) is 8.94. The van der Waals surface area contributed by atoms with Crippen molar-refractivity contribution >= 4 is 5.69 Å². The van der Waals surface area contributed by atoms with Crippen LogP contribution in [0.5, 0.6) is 0 Å². The van der Waals surface area contributed by atoms with Gasteiger partial charge in [0.15, 0.2) is 0 Å². The van der Waals surface area contributed by atoms with E-state index in [2.05, 4.69) is 43.4 Å². The molecule has 1 aromatic rings. The van der Waals surface area contributed by atoms with E-state index in [9.17, 15) is 0 Å². The Bertz CT molecular complexity index is 239. The highest BCUT2D eigenvalue weighted by Crippen LogP contribution is 2.10. The van der Waals surface area contributed by atoms with Gasteiger partial charge in [0.1, 0.15) is 0 Å². The molecule has 0 amide bonds. The molecule has 0 saturated carbocycles. The van der Waals surface area contributed by atoms with Crippen molar-refractivity contribution in [2.45, 2.75) is 26.3 Å². The highest BCUT2D eigenvalue weighted by atomic mass is 14.9. The van der Waals surface area contributed by atoms with Crippen molar-refractivity contribution in [3.05, 3.63) is 29.8 Å². The smallest absolute Gasteiger partial charge is 0.0342 e. The Kier molecular flexibility index (Phi) is 3.77. The Labute approximate surface area is 80.1 Å². The summed E-state index contributed by atoms with van der Waals surface area (Å²) in [5.74, 6) is 0. The van der Waals surface area contributed by atoms with E-state index in [1.807, 2.05) is 0 Å². The number of nitrogens with one attached hydrogen (secondary N) is 1. The Balaban J connectivity index is 2.59. The third-order valence-corrected chi connectivity index (χ3v) is 1.84. The van der Waals surface area contributed by atoms with E-state index < -0.39 is 0 Å². The van der Waals surface area contributed by atoms with Crippen LogP contribution in [0.4, 0.5) is 5.69 Å². The van der Waals surface area contributed by atoms with Crippen LogP contribution in [0.25, 0.3) is 0 Å². The fraction of sp³-hybridized carbons (Fsp3) is 0.455. The van der Waals surface area contributed by atoms with Gasteiger partial charge in [-0.25, -0.2) is 0 Å². The van der Waals surface area contributed by atoms with Crippen molar-refractivity contribution in [1.29, 1.82) is 0 Å². The molecule has 0 fully saturated rings. The zero-order chi connectivity index (χ0) is 9.68. The van der Waals surface area contributed by atoms with Crippen LogP contribution in [0.2, 0.25) is 0 Å². The summed E-state index contributed by atoms with van der Waals surface area (Å²) in [7, 11) is 0. The highest BCUT2D eigenvalue weighted by molar-refractivity contribution is 5.45. The summed E-state index contributed by atoms with van der Waals surface area (Å²) in [5, 5.41) is 3.34. The second-order valence-corrected chi connectivity index (χ2v) is 3.53. The molecule has 2 heteroatoms. The van der Waals surface area contributed by atoms with Crippen molar-refractivity contribution in [2.75, 3.05) is 11.9 Å². The first-order chi connectivity index (χ1) is 6.22. The summed E-state index contributed by atoms with van der Waals surface area (Å²) in [5.41, 5.74) is 7.94.